The molecule has 0 aliphatic carbocycles. The van der Waals surface area contributed by atoms with Gasteiger partial charge in [0.15, 0.2) is 0 Å². The van der Waals surface area contributed by atoms with Crippen LogP contribution in [0, 0.1) is 20.8 Å². The molecule has 0 bridgehead atoms. The minimum atomic E-state index is -0.0661. The third kappa shape index (κ3) is 5.59. The molecule has 0 radical (unpaired) electrons. The first kappa shape index (κ1) is 21.5. The minimum absolute atomic E-state index is 0.0584. The van der Waals surface area contributed by atoms with E-state index in [2.05, 4.69) is 17.4 Å². The number of ether oxygens (including phenoxy) is 1. The van der Waals surface area contributed by atoms with Crippen molar-refractivity contribution in [2.24, 2.45) is 0 Å². The molecule has 0 aliphatic rings. The lowest BCUT2D eigenvalue weighted by atomic mass is 10.0. The van der Waals surface area contributed by atoms with Crippen LogP contribution >= 0.6 is 0 Å². The van der Waals surface area contributed by atoms with Gasteiger partial charge < -0.3 is 15.0 Å². The number of benzene rings is 2. The smallest absolute Gasteiger partial charge is 0.223 e. The first-order valence-electron chi connectivity index (χ1n) is 9.58. The van der Waals surface area contributed by atoms with Crippen LogP contribution in [0.3, 0.4) is 0 Å². The van der Waals surface area contributed by atoms with E-state index in [-0.39, 0.29) is 18.2 Å². The van der Waals surface area contributed by atoms with Gasteiger partial charge in [0.25, 0.3) is 0 Å². The average molecular weight is 383 g/mol. The average Bonchev–Trinajstić information content (AvgIpc) is 2.63. The molecule has 0 heterocycles. The van der Waals surface area contributed by atoms with Crippen LogP contribution in [0.2, 0.25) is 0 Å². The Morgan fingerprint density at radius 2 is 1.71 bits per heavy atom. The topological polar surface area (TPSA) is 58.6 Å². The largest absolute Gasteiger partial charge is 0.496 e. The fourth-order valence-electron chi connectivity index (χ4n) is 3.57. The van der Waals surface area contributed by atoms with Gasteiger partial charge in [0, 0.05) is 32.1 Å². The van der Waals surface area contributed by atoms with Crippen molar-refractivity contribution in [1.82, 2.24) is 5.32 Å². The molecule has 5 heteroatoms. The molecular formula is C23H30N2O3. The molecule has 0 fully saturated rings. The summed E-state index contributed by atoms with van der Waals surface area (Å²) in [4.78, 5) is 26.2. The zero-order valence-electron chi connectivity index (χ0n) is 17.5. The number of nitrogens with zero attached hydrogens (tertiary/aromatic N) is 1. The van der Waals surface area contributed by atoms with Crippen LogP contribution in [-0.2, 0) is 16.0 Å². The zero-order chi connectivity index (χ0) is 20.7. The van der Waals surface area contributed by atoms with E-state index in [4.69, 9.17) is 4.74 Å². The summed E-state index contributed by atoms with van der Waals surface area (Å²) >= 11 is 0. The van der Waals surface area contributed by atoms with E-state index >= 15 is 0 Å². The quantitative estimate of drug-likeness (QED) is 0.757. The summed E-state index contributed by atoms with van der Waals surface area (Å²) in [5.74, 6) is 0.699. The number of carbonyl (C=O) groups is 2. The summed E-state index contributed by atoms with van der Waals surface area (Å²) in [7, 11) is 1.64. The van der Waals surface area contributed by atoms with Crippen molar-refractivity contribution in [3.63, 3.8) is 0 Å². The lowest BCUT2D eigenvalue weighted by Crippen LogP contribution is -2.35. The maximum atomic E-state index is 12.3. The van der Waals surface area contributed by atoms with Gasteiger partial charge in [0.05, 0.1) is 7.11 Å². The van der Waals surface area contributed by atoms with Gasteiger partial charge in [-0.1, -0.05) is 35.9 Å². The van der Waals surface area contributed by atoms with Crippen LogP contribution in [0.5, 0.6) is 5.75 Å². The number of rotatable bonds is 8. The van der Waals surface area contributed by atoms with Crippen molar-refractivity contribution >= 4 is 17.5 Å². The van der Waals surface area contributed by atoms with Crippen molar-refractivity contribution in [1.29, 1.82) is 0 Å². The van der Waals surface area contributed by atoms with Crippen molar-refractivity contribution in [3.8, 4) is 5.75 Å². The van der Waals surface area contributed by atoms with Crippen LogP contribution in [0.1, 0.15) is 35.6 Å². The number of anilines is 1. The lowest BCUT2D eigenvalue weighted by molar-refractivity contribution is -0.121. The molecule has 2 rings (SSSR count). The molecule has 0 aromatic heterocycles. The molecule has 1 N–H and O–H groups in total. The van der Waals surface area contributed by atoms with Crippen LogP contribution < -0.4 is 15.0 Å². The Balaban J connectivity index is 1.93. The second kappa shape index (κ2) is 9.93. The highest BCUT2D eigenvalue weighted by Gasteiger charge is 2.17. The fourth-order valence-corrected chi connectivity index (χ4v) is 3.57. The van der Waals surface area contributed by atoms with E-state index in [1.807, 2.05) is 45.0 Å². The minimum Gasteiger partial charge on any atom is -0.496 e. The number of nitrogens with one attached hydrogen (secondary N) is 1. The van der Waals surface area contributed by atoms with Crippen LogP contribution in [0.4, 0.5) is 5.69 Å². The third-order valence-electron chi connectivity index (χ3n) is 4.76. The number of para-hydroxylation sites is 1. The van der Waals surface area contributed by atoms with Crippen molar-refractivity contribution in [2.45, 2.75) is 40.5 Å². The SMILES string of the molecule is COc1ccccc1CCNC(=O)CCN(C(C)=O)c1c(C)cc(C)cc1C. The van der Waals surface area contributed by atoms with Crippen LogP contribution in [-0.4, -0.2) is 32.0 Å². The third-order valence-corrected chi connectivity index (χ3v) is 4.76. The Kier molecular flexibility index (Phi) is 7.61. The highest BCUT2D eigenvalue weighted by molar-refractivity contribution is 5.94. The summed E-state index contributed by atoms with van der Waals surface area (Å²) < 4.78 is 5.33. The van der Waals surface area contributed by atoms with Crippen molar-refractivity contribution in [2.75, 3.05) is 25.1 Å². The van der Waals surface area contributed by atoms with E-state index in [9.17, 15) is 9.59 Å². The van der Waals surface area contributed by atoms with Gasteiger partial charge in [0.2, 0.25) is 11.8 Å². The maximum absolute atomic E-state index is 12.3. The standard InChI is InChI=1S/C23H30N2O3/c1-16-14-17(2)23(18(3)15-16)25(19(4)26)13-11-22(27)24-12-10-20-8-6-7-9-21(20)28-5/h6-9,14-15H,10-13H2,1-5H3,(H,24,27). The van der Waals surface area contributed by atoms with Crippen LogP contribution in [0.25, 0.3) is 0 Å². The Bertz CT molecular complexity index is 822. The van der Waals surface area contributed by atoms with E-state index in [1.54, 1.807) is 18.9 Å². The molecule has 28 heavy (non-hydrogen) atoms. The zero-order valence-corrected chi connectivity index (χ0v) is 17.5. The summed E-state index contributed by atoms with van der Waals surface area (Å²) in [6, 6.07) is 11.9. The van der Waals surface area contributed by atoms with Gasteiger partial charge in [0.1, 0.15) is 5.75 Å². The molecular weight excluding hydrogens is 352 g/mol. The molecule has 2 aromatic carbocycles. The van der Waals surface area contributed by atoms with Crippen molar-refractivity contribution in [3.05, 3.63) is 58.7 Å². The molecule has 0 atom stereocenters. The van der Waals surface area contributed by atoms with Crippen molar-refractivity contribution < 1.29 is 14.3 Å². The number of amides is 2. The molecule has 0 saturated heterocycles. The Morgan fingerprint density at radius 3 is 2.32 bits per heavy atom. The number of hydrogen-bond donors (Lipinski definition) is 1. The predicted octanol–water partition coefficient (Wildman–Crippen LogP) is 3.72. The van der Waals surface area contributed by atoms with Crippen LogP contribution in [0.15, 0.2) is 36.4 Å². The first-order valence-corrected chi connectivity index (χ1v) is 9.58. The molecule has 2 aromatic rings. The van der Waals surface area contributed by atoms with E-state index in [0.29, 0.717) is 19.5 Å². The first-order chi connectivity index (χ1) is 13.3. The number of hydrogen-bond acceptors (Lipinski definition) is 3. The monoisotopic (exact) mass is 382 g/mol. The molecule has 0 spiro atoms. The summed E-state index contributed by atoms with van der Waals surface area (Å²) in [5, 5.41) is 2.93. The molecule has 0 saturated carbocycles. The number of methoxy groups -OCH3 is 1. The molecule has 0 aliphatic heterocycles. The summed E-state index contributed by atoms with van der Waals surface area (Å²) in [6.07, 6.45) is 0.959. The van der Waals surface area contributed by atoms with E-state index in [0.717, 1.165) is 33.7 Å². The van der Waals surface area contributed by atoms with Gasteiger partial charge >= 0.3 is 0 Å². The summed E-state index contributed by atoms with van der Waals surface area (Å²) in [5.41, 5.74) is 5.21. The normalized spacial score (nSPS) is 10.5. The summed E-state index contributed by atoms with van der Waals surface area (Å²) in [6.45, 7) is 8.47. The number of carbonyl (C=O) groups excluding carboxylic acids is 2. The molecule has 0 unspecified atom stereocenters. The highest BCUT2D eigenvalue weighted by Crippen LogP contribution is 2.26. The predicted molar refractivity (Wildman–Crippen MR) is 113 cm³/mol. The maximum Gasteiger partial charge on any atom is 0.223 e. The molecule has 2 amide bonds. The van der Waals surface area contributed by atoms with Gasteiger partial charge in [-0.3, -0.25) is 9.59 Å². The Morgan fingerprint density at radius 1 is 1.07 bits per heavy atom. The second-order valence-electron chi connectivity index (χ2n) is 7.08. The Labute approximate surface area is 167 Å². The van der Waals surface area contributed by atoms with Gasteiger partial charge in [-0.25, -0.2) is 0 Å². The molecule has 5 nitrogen and oxygen atoms in total. The lowest BCUT2D eigenvalue weighted by Gasteiger charge is -2.25. The van der Waals surface area contributed by atoms with E-state index in [1.165, 1.54) is 0 Å². The van der Waals surface area contributed by atoms with E-state index < -0.39 is 0 Å². The van der Waals surface area contributed by atoms with Gasteiger partial charge in [-0.15, -0.1) is 0 Å². The van der Waals surface area contributed by atoms with Gasteiger partial charge in [-0.2, -0.15) is 0 Å². The highest BCUT2D eigenvalue weighted by atomic mass is 16.5. The van der Waals surface area contributed by atoms with Gasteiger partial charge in [-0.05, 0) is 49.9 Å². The Hall–Kier alpha value is -2.82. The second-order valence-corrected chi connectivity index (χ2v) is 7.08. The fraction of sp³-hybridized carbons (Fsp3) is 0.391. The molecule has 150 valence electrons. The number of aryl methyl sites for hydroxylation is 3.